The molecule has 0 fully saturated rings. The molecule has 5 N–H and O–H groups in total. The van der Waals surface area contributed by atoms with Gasteiger partial charge in [-0.1, -0.05) is 0 Å². The predicted molar refractivity (Wildman–Crippen MR) is 40.7 cm³/mol. The zero-order valence-corrected chi connectivity index (χ0v) is 8.14. The molecule has 0 aliphatic rings. The van der Waals surface area contributed by atoms with E-state index in [0.29, 0.717) is 0 Å². The Morgan fingerprint density at radius 2 is 1.62 bits per heavy atom. The standard InChI is InChI=1S/C3H10O8P2/c4-3(12(5,6)7)1-2-11-13(8,9)10/h3-4H,1-2H2,(H2,5,6,7)(H2,8,9,10). The number of rotatable bonds is 5. The van der Waals surface area contributed by atoms with Crippen molar-refractivity contribution in [2.45, 2.75) is 12.3 Å². The fraction of sp³-hybridized carbons (Fsp3) is 1.00. The number of phosphoric ester groups is 1. The first-order valence-electron chi connectivity index (χ1n) is 3.06. The summed E-state index contributed by atoms with van der Waals surface area (Å²) < 4.78 is 24.2. The molecule has 0 radical (unpaired) electrons. The van der Waals surface area contributed by atoms with Crippen LogP contribution >= 0.6 is 15.4 Å². The van der Waals surface area contributed by atoms with Gasteiger partial charge < -0.3 is 24.7 Å². The largest absolute Gasteiger partial charge is 0.469 e. The molecule has 0 aromatic heterocycles. The average Bonchev–Trinajstić information content (AvgIpc) is 1.82. The first-order chi connectivity index (χ1) is 5.63. The molecule has 0 saturated carbocycles. The summed E-state index contributed by atoms with van der Waals surface area (Å²) in [6.07, 6.45) is -0.546. The lowest BCUT2D eigenvalue weighted by atomic mass is 10.5. The van der Waals surface area contributed by atoms with Gasteiger partial charge in [0.25, 0.3) is 0 Å². The summed E-state index contributed by atoms with van der Waals surface area (Å²) in [5.41, 5.74) is 0. The SMILES string of the molecule is O=P(O)(O)OCCC(O)P(=O)(O)O. The molecule has 0 aromatic carbocycles. The second-order valence-corrected chi connectivity index (χ2v) is 5.20. The summed E-state index contributed by atoms with van der Waals surface area (Å²) in [4.78, 5) is 32.9. The van der Waals surface area contributed by atoms with E-state index >= 15 is 0 Å². The number of aliphatic hydroxyl groups is 1. The smallest absolute Gasteiger partial charge is 0.380 e. The summed E-state index contributed by atoms with van der Waals surface area (Å²) in [5.74, 6) is -1.96. The minimum atomic E-state index is -4.64. The molecule has 0 amide bonds. The quantitative estimate of drug-likeness (QED) is 0.381. The highest BCUT2D eigenvalue weighted by atomic mass is 31.2. The van der Waals surface area contributed by atoms with Crippen molar-refractivity contribution in [1.29, 1.82) is 0 Å². The van der Waals surface area contributed by atoms with Gasteiger partial charge in [0.2, 0.25) is 0 Å². The number of hydrogen-bond donors (Lipinski definition) is 5. The maximum absolute atomic E-state index is 10.3. The molecule has 1 unspecified atom stereocenters. The van der Waals surface area contributed by atoms with Crippen molar-refractivity contribution in [1.82, 2.24) is 0 Å². The Labute approximate surface area is 73.6 Å². The minimum Gasteiger partial charge on any atom is -0.380 e. The molecule has 0 aliphatic carbocycles. The molecule has 8 nitrogen and oxygen atoms in total. The topological polar surface area (TPSA) is 145 Å². The van der Waals surface area contributed by atoms with E-state index < -0.39 is 34.3 Å². The Kier molecular flexibility index (Phi) is 4.71. The number of aliphatic hydroxyl groups excluding tert-OH is 1. The Bertz CT molecular complexity index is 238. The van der Waals surface area contributed by atoms with Crippen LogP contribution in [0.3, 0.4) is 0 Å². The molecule has 10 heteroatoms. The van der Waals surface area contributed by atoms with Crippen LogP contribution in [0.4, 0.5) is 0 Å². The van der Waals surface area contributed by atoms with E-state index in [-0.39, 0.29) is 0 Å². The summed E-state index contributed by atoms with van der Waals surface area (Å²) >= 11 is 0. The van der Waals surface area contributed by atoms with E-state index in [1.807, 2.05) is 0 Å². The first-order valence-corrected chi connectivity index (χ1v) is 6.27. The highest BCUT2D eigenvalue weighted by Gasteiger charge is 2.26. The van der Waals surface area contributed by atoms with Crippen LogP contribution < -0.4 is 0 Å². The van der Waals surface area contributed by atoms with Gasteiger partial charge in [-0.25, -0.2) is 4.57 Å². The van der Waals surface area contributed by atoms with E-state index in [4.69, 9.17) is 24.7 Å². The Balaban J connectivity index is 3.80. The van der Waals surface area contributed by atoms with Gasteiger partial charge in [-0.3, -0.25) is 9.09 Å². The lowest BCUT2D eigenvalue weighted by molar-refractivity contribution is 0.145. The van der Waals surface area contributed by atoms with Crippen LogP contribution in [-0.4, -0.2) is 37.1 Å². The van der Waals surface area contributed by atoms with Gasteiger partial charge in [0.05, 0.1) is 6.61 Å². The predicted octanol–water partition coefficient (Wildman–Crippen LogP) is -1.02. The lowest BCUT2D eigenvalue weighted by Crippen LogP contribution is -2.10. The van der Waals surface area contributed by atoms with Crippen LogP contribution in [0.25, 0.3) is 0 Å². The zero-order valence-electron chi connectivity index (χ0n) is 6.35. The molecule has 0 bridgehead atoms. The number of hydrogen-bond acceptors (Lipinski definition) is 4. The first kappa shape index (κ1) is 13.2. The van der Waals surface area contributed by atoms with E-state index in [1.54, 1.807) is 0 Å². The molecule has 0 aliphatic heterocycles. The van der Waals surface area contributed by atoms with Crippen molar-refractivity contribution in [3.05, 3.63) is 0 Å². The van der Waals surface area contributed by atoms with Gasteiger partial charge >= 0.3 is 15.4 Å². The molecular formula is C3H10O8P2. The van der Waals surface area contributed by atoms with Crippen molar-refractivity contribution < 1.29 is 38.3 Å². The van der Waals surface area contributed by atoms with Gasteiger partial charge in [0, 0.05) is 6.42 Å². The van der Waals surface area contributed by atoms with Crippen LogP contribution in [0.5, 0.6) is 0 Å². The molecule has 0 heterocycles. The number of phosphoric acid groups is 1. The molecule has 0 saturated heterocycles. The Morgan fingerprint density at radius 1 is 1.15 bits per heavy atom. The van der Waals surface area contributed by atoms with Crippen molar-refractivity contribution in [2.75, 3.05) is 6.61 Å². The highest BCUT2D eigenvalue weighted by Crippen LogP contribution is 2.42. The molecule has 0 spiro atoms. The van der Waals surface area contributed by atoms with Crippen molar-refractivity contribution in [3.63, 3.8) is 0 Å². The normalized spacial score (nSPS) is 15.8. The van der Waals surface area contributed by atoms with Crippen LogP contribution in [-0.2, 0) is 13.7 Å². The van der Waals surface area contributed by atoms with Gasteiger partial charge in [0.1, 0.15) is 0 Å². The molecular weight excluding hydrogens is 226 g/mol. The van der Waals surface area contributed by atoms with Crippen LogP contribution in [0.15, 0.2) is 0 Å². The monoisotopic (exact) mass is 236 g/mol. The summed E-state index contributed by atoms with van der Waals surface area (Å²) in [5, 5.41) is 8.69. The molecule has 1 atom stereocenters. The fourth-order valence-electron chi connectivity index (χ4n) is 0.445. The van der Waals surface area contributed by atoms with Crippen molar-refractivity contribution in [2.24, 2.45) is 0 Å². The van der Waals surface area contributed by atoms with Crippen LogP contribution in [0.2, 0.25) is 0 Å². The fourth-order valence-corrected chi connectivity index (χ4v) is 1.23. The summed E-state index contributed by atoms with van der Waals surface area (Å²) in [7, 11) is -9.25. The van der Waals surface area contributed by atoms with E-state index in [1.165, 1.54) is 0 Å². The molecule has 13 heavy (non-hydrogen) atoms. The van der Waals surface area contributed by atoms with Gasteiger partial charge in [-0.15, -0.1) is 0 Å². The van der Waals surface area contributed by atoms with Gasteiger partial charge in [-0.2, -0.15) is 0 Å². The molecule has 0 rings (SSSR count). The van der Waals surface area contributed by atoms with E-state index in [9.17, 15) is 9.13 Å². The van der Waals surface area contributed by atoms with Gasteiger partial charge in [-0.05, 0) is 0 Å². The third kappa shape index (κ3) is 7.30. The molecule has 80 valence electrons. The Hall–Kier alpha value is 0.220. The van der Waals surface area contributed by atoms with E-state index in [0.717, 1.165) is 0 Å². The maximum atomic E-state index is 10.3. The highest BCUT2D eigenvalue weighted by molar-refractivity contribution is 7.52. The van der Waals surface area contributed by atoms with Gasteiger partial charge in [0.15, 0.2) is 5.85 Å². The van der Waals surface area contributed by atoms with Crippen LogP contribution in [0.1, 0.15) is 6.42 Å². The third-order valence-electron chi connectivity index (χ3n) is 1.02. The Morgan fingerprint density at radius 3 is 1.92 bits per heavy atom. The summed E-state index contributed by atoms with van der Waals surface area (Å²) in [6.45, 7) is -0.628. The maximum Gasteiger partial charge on any atom is 0.469 e. The summed E-state index contributed by atoms with van der Waals surface area (Å²) in [6, 6.07) is 0. The zero-order chi connectivity index (χ0) is 10.7. The lowest BCUT2D eigenvalue weighted by Gasteiger charge is -2.12. The molecule has 0 aromatic rings. The van der Waals surface area contributed by atoms with E-state index in [2.05, 4.69) is 4.52 Å². The van der Waals surface area contributed by atoms with Crippen molar-refractivity contribution >= 4 is 15.4 Å². The van der Waals surface area contributed by atoms with Crippen molar-refractivity contribution in [3.8, 4) is 0 Å². The minimum absolute atomic E-state index is 0.546. The third-order valence-corrected chi connectivity index (χ3v) is 2.58. The van der Waals surface area contributed by atoms with Crippen LogP contribution in [0, 0.1) is 0 Å². The second kappa shape index (κ2) is 4.63. The second-order valence-electron chi connectivity index (χ2n) is 2.18. The average molecular weight is 236 g/mol.